The minimum absolute atomic E-state index is 0.325. The summed E-state index contributed by atoms with van der Waals surface area (Å²) in [5, 5.41) is 24.2. The van der Waals surface area contributed by atoms with Crippen LogP contribution in [0.15, 0.2) is 0 Å². The Morgan fingerprint density at radius 2 is 1.82 bits per heavy atom. The van der Waals surface area contributed by atoms with E-state index in [9.17, 15) is 20.0 Å². The Balaban J connectivity index is 1.98. The number of nitrogens with one attached hydrogen (secondary N) is 2. The van der Waals surface area contributed by atoms with Gasteiger partial charge in [-0.25, -0.2) is 4.79 Å². The second-order valence-corrected chi connectivity index (χ2v) is 9.37. The molecule has 0 spiro atoms. The summed E-state index contributed by atoms with van der Waals surface area (Å²) in [6.45, 7) is 9.18. The maximum Gasteiger partial charge on any atom is 0.405 e. The molecule has 7 heteroatoms. The number of hydrogen-bond acceptors (Lipinski definition) is 4. The summed E-state index contributed by atoms with van der Waals surface area (Å²) in [5.74, 6) is -0.0298. The second kappa shape index (κ2) is 9.60. The molecule has 158 valence electrons. The number of likely N-dealkylation sites (tertiary alicyclic amines) is 1. The number of carboxylic acid groups (broad SMARTS) is 1. The van der Waals surface area contributed by atoms with Crippen LogP contribution >= 0.6 is 0 Å². The van der Waals surface area contributed by atoms with E-state index in [0.717, 1.165) is 51.7 Å². The van der Waals surface area contributed by atoms with Crippen LogP contribution in [0.2, 0.25) is 0 Å². The van der Waals surface area contributed by atoms with Gasteiger partial charge in [-0.1, -0.05) is 20.8 Å². The van der Waals surface area contributed by atoms with Crippen molar-refractivity contribution >= 4 is 12.0 Å². The van der Waals surface area contributed by atoms with Crippen molar-refractivity contribution in [2.75, 3.05) is 19.6 Å². The number of hydrogen-bond donors (Lipinski definition) is 3. The van der Waals surface area contributed by atoms with Gasteiger partial charge in [-0.05, 0) is 69.2 Å². The molecule has 1 aliphatic heterocycles. The molecule has 0 radical (unpaired) electrons. The molecule has 1 unspecified atom stereocenters. The monoisotopic (exact) mass is 392 g/mol. The highest BCUT2D eigenvalue weighted by Crippen LogP contribution is 2.39. The van der Waals surface area contributed by atoms with Gasteiger partial charge in [-0.2, -0.15) is 5.26 Å². The zero-order chi connectivity index (χ0) is 20.8. The van der Waals surface area contributed by atoms with Crippen LogP contribution in [0, 0.1) is 22.7 Å². The second-order valence-electron chi connectivity index (χ2n) is 9.37. The first-order valence-electron chi connectivity index (χ1n) is 10.6. The predicted molar refractivity (Wildman–Crippen MR) is 108 cm³/mol. The van der Waals surface area contributed by atoms with Gasteiger partial charge in [-0.3, -0.25) is 4.79 Å². The number of carbonyl (C=O) groups excluding carboxylic acids is 1. The Hall–Kier alpha value is -1.81. The number of rotatable bonds is 7. The first kappa shape index (κ1) is 22.5. The van der Waals surface area contributed by atoms with Gasteiger partial charge in [0.2, 0.25) is 5.91 Å². The first-order chi connectivity index (χ1) is 13.2. The van der Waals surface area contributed by atoms with Crippen molar-refractivity contribution < 1.29 is 14.7 Å². The van der Waals surface area contributed by atoms with Crippen molar-refractivity contribution in [1.29, 1.82) is 5.26 Å². The molecule has 28 heavy (non-hydrogen) atoms. The predicted octanol–water partition coefficient (Wildman–Crippen LogP) is 3.11. The van der Waals surface area contributed by atoms with Gasteiger partial charge in [0, 0.05) is 13.1 Å². The summed E-state index contributed by atoms with van der Waals surface area (Å²) in [6.07, 6.45) is 5.72. The van der Waals surface area contributed by atoms with Crippen LogP contribution in [0.4, 0.5) is 4.79 Å². The molecule has 0 bridgehead atoms. The molecule has 0 aromatic rings. The summed E-state index contributed by atoms with van der Waals surface area (Å²) in [7, 11) is 0. The number of amides is 2. The van der Waals surface area contributed by atoms with Gasteiger partial charge in [0.05, 0.1) is 6.07 Å². The van der Waals surface area contributed by atoms with E-state index in [1.807, 2.05) is 0 Å². The fourth-order valence-electron chi connectivity index (χ4n) is 4.47. The van der Waals surface area contributed by atoms with Gasteiger partial charge < -0.3 is 20.6 Å². The van der Waals surface area contributed by atoms with Gasteiger partial charge >= 0.3 is 6.09 Å². The number of carbonyl (C=O) groups is 2. The van der Waals surface area contributed by atoms with Crippen molar-refractivity contribution in [2.24, 2.45) is 11.3 Å². The molecule has 1 saturated carbocycles. The first-order valence-corrected chi connectivity index (χ1v) is 10.6. The largest absolute Gasteiger partial charge is 0.465 e. The minimum Gasteiger partial charge on any atom is -0.465 e. The summed E-state index contributed by atoms with van der Waals surface area (Å²) in [4.78, 5) is 26.5. The van der Waals surface area contributed by atoms with E-state index < -0.39 is 17.7 Å². The zero-order valence-corrected chi connectivity index (χ0v) is 17.6. The van der Waals surface area contributed by atoms with E-state index in [-0.39, 0.29) is 5.91 Å². The molecule has 0 aromatic heterocycles. The van der Waals surface area contributed by atoms with Gasteiger partial charge in [0.1, 0.15) is 11.6 Å². The molecular formula is C21H36N4O3. The quantitative estimate of drug-likeness (QED) is 0.617. The highest BCUT2D eigenvalue weighted by Gasteiger charge is 2.39. The Labute approximate surface area is 168 Å². The molecule has 1 atom stereocenters. The van der Waals surface area contributed by atoms with Crippen molar-refractivity contribution in [3.8, 4) is 6.07 Å². The fourth-order valence-corrected chi connectivity index (χ4v) is 4.47. The van der Waals surface area contributed by atoms with Gasteiger partial charge in [-0.15, -0.1) is 0 Å². The van der Waals surface area contributed by atoms with Gasteiger partial charge in [0.25, 0.3) is 0 Å². The maximum absolute atomic E-state index is 12.9. The van der Waals surface area contributed by atoms with E-state index in [2.05, 4.69) is 42.4 Å². The summed E-state index contributed by atoms with van der Waals surface area (Å²) in [5.41, 5.74) is -0.569. The number of nitrogens with zero attached hydrogens (tertiary/aromatic N) is 2. The maximum atomic E-state index is 12.9. The van der Waals surface area contributed by atoms with Crippen molar-refractivity contribution in [1.82, 2.24) is 15.5 Å². The Bertz CT molecular complexity index is 581. The van der Waals surface area contributed by atoms with E-state index in [4.69, 9.17) is 0 Å². The molecule has 2 rings (SSSR count). The lowest BCUT2D eigenvalue weighted by Gasteiger charge is -2.39. The molecule has 0 aromatic carbocycles. The molecule has 7 nitrogen and oxygen atoms in total. The lowest BCUT2D eigenvalue weighted by atomic mass is 9.71. The van der Waals surface area contributed by atoms with Crippen LogP contribution < -0.4 is 10.6 Å². The molecule has 3 N–H and O–H groups in total. The van der Waals surface area contributed by atoms with Crippen LogP contribution in [0.3, 0.4) is 0 Å². The van der Waals surface area contributed by atoms with E-state index in [1.165, 1.54) is 0 Å². The molecule has 1 saturated heterocycles. The van der Waals surface area contributed by atoms with Crippen LogP contribution in [0.25, 0.3) is 0 Å². The van der Waals surface area contributed by atoms with Crippen molar-refractivity contribution in [2.45, 2.75) is 83.7 Å². The lowest BCUT2D eigenvalue weighted by molar-refractivity contribution is -0.125. The number of piperidine rings is 1. The van der Waals surface area contributed by atoms with Crippen LogP contribution in [-0.2, 0) is 4.79 Å². The number of nitriles is 1. The molecule has 1 heterocycles. The van der Waals surface area contributed by atoms with Crippen LogP contribution in [0.5, 0.6) is 0 Å². The summed E-state index contributed by atoms with van der Waals surface area (Å²) < 4.78 is 0. The fraction of sp³-hybridized carbons (Fsp3) is 0.857. The molecule has 2 fully saturated rings. The Morgan fingerprint density at radius 1 is 1.21 bits per heavy atom. The van der Waals surface area contributed by atoms with Crippen LogP contribution in [0.1, 0.15) is 72.1 Å². The van der Waals surface area contributed by atoms with Gasteiger partial charge in [0.15, 0.2) is 0 Å². The third kappa shape index (κ3) is 6.37. The molecular weight excluding hydrogens is 356 g/mol. The van der Waals surface area contributed by atoms with Crippen molar-refractivity contribution in [3.63, 3.8) is 0 Å². The average molecular weight is 393 g/mol. The molecule has 2 amide bonds. The Kier molecular flexibility index (Phi) is 7.70. The average Bonchev–Trinajstić information content (AvgIpc) is 2.64. The smallest absolute Gasteiger partial charge is 0.405 e. The molecule has 2 aliphatic rings. The van der Waals surface area contributed by atoms with E-state index >= 15 is 0 Å². The van der Waals surface area contributed by atoms with Crippen molar-refractivity contribution in [3.05, 3.63) is 0 Å². The minimum atomic E-state index is -1.19. The van der Waals surface area contributed by atoms with E-state index in [0.29, 0.717) is 30.6 Å². The summed E-state index contributed by atoms with van der Waals surface area (Å²) >= 11 is 0. The zero-order valence-electron chi connectivity index (χ0n) is 17.6. The van der Waals surface area contributed by atoms with E-state index in [1.54, 1.807) is 0 Å². The highest BCUT2D eigenvalue weighted by molar-refractivity contribution is 5.86. The standard InChI is InChI=1S/C21H36N4O3/c1-4-11-25-12-9-21(15-22,10-13-25)24-18(26)17(23-19(27)28)14-16-5-7-20(2,3)8-6-16/h16-17,23H,4-14H2,1-3H3,(H,24,26)(H,27,28). The summed E-state index contributed by atoms with van der Waals surface area (Å²) in [6, 6.07) is 1.50. The topological polar surface area (TPSA) is 105 Å². The molecule has 1 aliphatic carbocycles. The third-order valence-electron chi connectivity index (χ3n) is 6.47. The SMILES string of the molecule is CCCN1CCC(C#N)(NC(=O)C(CC2CCC(C)(C)CC2)NC(=O)O)CC1. The third-order valence-corrected chi connectivity index (χ3v) is 6.47. The lowest BCUT2D eigenvalue weighted by Crippen LogP contribution is -2.59. The normalized spacial score (nSPS) is 23.4. The highest BCUT2D eigenvalue weighted by atomic mass is 16.4. The van der Waals surface area contributed by atoms with Crippen LogP contribution in [-0.4, -0.2) is 53.2 Å². The Morgan fingerprint density at radius 3 is 2.32 bits per heavy atom.